The van der Waals surface area contributed by atoms with Crippen LogP contribution >= 0.6 is 23.5 Å². The third-order valence-corrected chi connectivity index (χ3v) is 11.8. The van der Waals surface area contributed by atoms with Gasteiger partial charge in [-0.1, -0.05) is 31.2 Å². The lowest BCUT2D eigenvalue weighted by Gasteiger charge is -2.54. The number of hydrogen-bond donors (Lipinski definition) is 2. The first-order chi connectivity index (χ1) is 20.4. The number of nitrogens with zero attached hydrogens (tertiary/aromatic N) is 2. The van der Waals surface area contributed by atoms with Gasteiger partial charge < -0.3 is 29.5 Å². The third kappa shape index (κ3) is 4.63. The fraction of sp³-hybridized carbons (Fsp3) is 0.548. The van der Waals surface area contributed by atoms with Crippen LogP contribution in [0.2, 0.25) is 0 Å². The highest BCUT2D eigenvalue weighted by molar-refractivity contribution is 8.01. The number of ether oxygens (including phenoxy) is 2. The van der Waals surface area contributed by atoms with Gasteiger partial charge in [0, 0.05) is 18.8 Å². The molecule has 4 heterocycles. The highest BCUT2D eigenvalue weighted by Gasteiger charge is 2.72. The van der Waals surface area contributed by atoms with E-state index in [0.717, 1.165) is 5.57 Å². The van der Waals surface area contributed by atoms with E-state index in [1.165, 1.54) is 49.0 Å². The van der Waals surface area contributed by atoms with Crippen molar-refractivity contribution in [3.05, 3.63) is 59.6 Å². The molecule has 2 amide bonds. The molecule has 0 radical (unpaired) electrons. The zero-order valence-corrected chi connectivity index (χ0v) is 26.7. The monoisotopic (exact) mass is 630 g/mol. The fourth-order valence-electron chi connectivity index (χ4n) is 6.87. The van der Waals surface area contributed by atoms with Crippen molar-refractivity contribution in [1.29, 1.82) is 0 Å². The lowest BCUT2D eigenvalue weighted by molar-refractivity contribution is -0.171. The number of hydrogen-bond acceptors (Lipinski definition) is 10. The number of amides is 2. The Bertz CT molecular complexity index is 1390. The topological polar surface area (TPSA) is 134 Å². The molecule has 3 saturated heterocycles. The minimum Gasteiger partial charge on any atom is -0.473 e. The number of aliphatic hydroxyl groups excluding tert-OH is 2. The van der Waals surface area contributed by atoms with E-state index in [9.17, 15) is 29.4 Å². The van der Waals surface area contributed by atoms with E-state index in [1.54, 1.807) is 61.3 Å². The Morgan fingerprint density at radius 2 is 1.65 bits per heavy atom. The van der Waals surface area contributed by atoms with Crippen molar-refractivity contribution in [3.63, 3.8) is 0 Å². The largest absolute Gasteiger partial charge is 0.473 e. The summed E-state index contributed by atoms with van der Waals surface area (Å²) in [5.41, 5.74) is 1.91. The van der Waals surface area contributed by atoms with E-state index >= 15 is 0 Å². The number of aliphatic hydroxyl groups is 2. The zero-order valence-electron chi connectivity index (χ0n) is 25.1. The van der Waals surface area contributed by atoms with E-state index in [0.29, 0.717) is 11.1 Å². The van der Waals surface area contributed by atoms with Crippen LogP contribution in [0.4, 0.5) is 0 Å². The van der Waals surface area contributed by atoms with Gasteiger partial charge in [-0.15, -0.1) is 23.5 Å². The second-order valence-corrected chi connectivity index (χ2v) is 13.8. The molecule has 10 nitrogen and oxygen atoms in total. The summed E-state index contributed by atoms with van der Waals surface area (Å²) in [6.07, 6.45) is 12.0. The number of Topliss-reactive ketones (excluding diaryl/α,β-unsaturated/α-hetero) is 1. The molecule has 0 spiro atoms. The minimum atomic E-state index is -1.35. The number of allylic oxidation sites excluding steroid dienone is 4. The molecule has 3 fully saturated rings. The molecular weight excluding hydrogens is 592 g/mol. The first-order valence-corrected chi connectivity index (χ1v) is 16.7. The van der Waals surface area contributed by atoms with Crippen molar-refractivity contribution in [1.82, 2.24) is 9.80 Å². The quantitative estimate of drug-likeness (QED) is 0.305. The first kappa shape index (κ1) is 31.6. The Labute approximate surface area is 259 Å². The molecule has 0 saturated carbocycles. The Kier molecular flexibility index (Phi) is 8.54. The SMILES string of the molecule is C/C=C(\C)C(=O)[C@@H](C)[C@H](O)[C@@H](C)C(=O)O[C@H]1C=COC=C2C[C@@]3(SC)C(=O)N4[C@H]5C(=CC=C[C@@H]5O)C[C@@]4(SC)C(=O)N3[C@@H]21. The van der Waals surface area contributed by atoms with Crippen LogP contribution < -0.4 is 0 Å². The molecular formula is C31H38N2O8S2. The zero-order chi connectivity index (χ0) is 31.4. The number of fused-ring (bicyclic) bond motifs is 6. The number of thioether (sulfide) groups is 2. The summed E-state index contributed by atoms with van der Waals surface area (Å²) < 4.78 is 11.5. The van der Waals surface area contributed by atoms with E-state index in [1.807, 2.05) is 6.08 Å². The van der Waals surface area contributed by atoms with Crippen LogP contribution in [0.3, 0.4) is 0 Å². The normalized spacial score (nSPS) is 35.0. The van der Waals surface area contributed by atoms with Crippen LogP contribution in [0.1, 0.15) is 40.5 Å². The van der Waals surface area contributed by atoms with Crippen LogP contribution in [-0.2, 0) is 28.7 Å². The average Bonchev–Trinajstić information content (AvgIpc) is 3.48. The molecule has 2 N–H and O–H groups in total. The van der Waals surface area contributed by atoms with Gasteiger partial charge in [-0.2, -0.15) is 0 Å². The molecule has 43 heavy (non-hydrogen) atoms. The van der Waals surface area contributed by atoms with E-state index in [-0.39, 0.29) is 30.4 Å². The standard InChI is InChI=1S/C31H38N2O8S2/c1-7-16(2)25(35)17(3)26(36)18(4)27(37)41-22-11-12-40-15-20-14-31(43-6)28(38)32-23-19(9-8-10-21(23)34)13-30(32,42-5)29(39)33(31)24(20)22/h7-12,15,17-18,21-24,26,34,36H,13-14H2,1-6H3/b16-7+/t17-,18-,21+,22+,23+,24+,26+,30-,31-/m1/s1. The van der Waals surface area contributed by atoms with Gasteiger partial charge in [-0.05, 0) is 56.1 Å². The number of carbonyl (C=O) groups excluding carboxylic acids is 4. The van der Waals surface area contributed by atoms with Gasteiger partial charge in [0.05, 0.1) is 42.7 Å². The molecule has 0 aromatic rings. The number of piperazine rings is 1. The van der Waals surface area contributed by atoms with Gasteiger partial charge in [0.1, 0.15) is 6.10 Å². The minimum absolute atomic E-state index is 0.143. The van der Waals surface area contributed by atoms with Crippen LogP contribution in [0, 0.1) is 11.8 Å². The van der Waals surface area contributed by atoms with Gasteiger partial charge in [-0.25, -0.2) is 0 Å². The Hall–Kier alpha value is -2.80. The fourth-order valence-corrected chi connectivity index (χ4v) is 8.82. The molecule has 9 atom stereocenters. The maximum Gasteiger partial charge on any atom is 0.311 e. The smallest absolute Gasteiger partial charge is 0.311 e. The highest BCUT2D eigenvalue weighted by Crippen LogP contribution is 2.59. The van der Waals surface area contributed by atoms with Crippen LogP contribution in [-0.4, -0.2) is 96.2 Å². The van der Waals surface area contributed by atoms with Crippen molar-refractivity contribution in [3.8, 4) is 0 Å². The Balaban J connectivity index is 1.49. The molecule has 0 aromatic heterocycles. The van der Waals surface area contributed by atoms with E-state index in [4.69, 9.17) is 9.47 Å². The molecule has 232 valence electrons. The summed E-state index contributed by atoms with van der Waals surface area (Å²) >= 11 is 2.49. The molecule has 0 bridgehead atoms. The first-order valence-electron chi connectivity index (χ1n) is 14.3. The van der Waals surface area contributed by atoms with Crippen molar-refractivity contribution in [2.24, 2.45) is 11.8 Å². The summed E-state index contributed by atoms with van der Waals surface area (Å²) in [5, 5.41) is 21.8. The van der Waals surface area contributed by atoms with Gasteiger partial charge in [0.2, 0.25) is 0 Å². The van der Waals surface area contributed by atoms with Crippen LogP contribution in [0.15, 0.2) is 59.6 Å². The number of ketones is 1. The van der Waals surface area contributed by atoms with Crippen molar-refractivity contribution < 1.29 is 38.9 Å². The van der Waals surface area contributed by atoms with Crippen LogP contribution in [0.5, 0.6) is 0 Å². The predicted molar refractivity (Wildman–Crippen MR) is 163 cm³/mol. The maximum absolute atomic E-state index is 14.8. The third-order valence-electron chi connectivity index (χ3n) is 9.47. The lowest BCUT2D eigenvalue weighted by atomic mass is 9.87. The summed E-state index contributed by atoms with van der Waals surface area (Å²) in [6.45, 7) is 6.46. The van der Waals surface area contributed by atoms with Crippen molar-refractivity contribution in [2.75, 3.05) is 12.5 Å². The molecule has 4 aliphatic heterocycles. The molecule has 5 aliphatic rings. The highest BCUT2D eigenvalue weighted by atomic mass is 32.2. The van der Waals surface area contributed by atoms with Gasteiger partial charge in [0.15, 0.2) is 15.5 Å². The summed E-state index contributed by atoms with van der Waals surface area (Å²) in [4.78, 5) is 55.9. The number of esters is 1. The number of rotatable bonds is 8. The lowest BCUT2D eigenvalue weighted by Crippen LogP contribution is -2.74. The van der Waals surface area contributed by atoms with Crippen molar-refractivity contribution >= 4 is 47.1 Å². The predicted octanol–water partition coefficient (Wildman–Crippen LogP) is 2.69. The van der Waals surface area contributed by atoms with Gasteiger partial charge in [-0.3, -0.25) is 19.2 Å². The molecule has 1 aliphatic carbocycles. The Morgan fingerprint density at radius 1 is 1.05 bits per heavy atom. The maximum atomic E-state index is 14.8. The molecule has 5 rings (SSSR count). The van der Waals surface area contributed by atoms with Crippen LogP contribution in [0.25, 0.3) is 0 Å². The van der Waals surface area contributed by atoms with E-state index < -0.39 is 57.9 Å². The molecule has 12 heteroatoms. The molecule has 0 unspecified atom stereocenters. The second kappa shape index (κ2) is 11.6. The molecule has 0 aromatic carbocycles. The summed E-state index contributed by atoms with van der Waals surface area (Å²) in [6, 6.07) is -1.49. The Morgan fingerprint density at radius 3 is 2.26 bits per heavy atom. The second-order valence-electron chi connectivity index (χ2n) is 11.7. The van der Waals surface area contributed by atoms with Crippen molar-refractivity contribution in [2.45, 2.75) is 80.7 Å². The van der Waals surface area contributed by atoms with Gasteiger partial charge in [0.25, 0.3) is 11.8 Å². The van der Waals surface area contributed by atoms with E-state index in [2.05, 4.69) is 0 Å². The van der Waals surface area contributed by atoms with Gasteiger partial charge >= 0.3 is 5.97 Å². The number of carbonyl (C=O) groups is 4. The summed E-state index contributed by atoms with van der Waals surface area (Å²) in [7, 11) is 0. The summed E-state index contributed by atoms with van der Waals surface area (Å²) in [5.74, 6) is -3.50. The average molecular weight is 631 g/mol.